The van der Waals surface area contributed by atoms with Crippen LogP contribution < -0.4 is 0 Å². The van der Waals surface area contributed by atoms with Gasteiger partial charge in [0.2, 0.25) is 0 Å². The van der Waals surface area contributed by atoms with Crippen LogP contribution in [0.1, 0.15) is 61.4 Å². The van der Waals surface area contributed by atoms with Crippen molar-refractivity contribution >= 4 is 5.91 Å². The maximum atomic E-state index is 12.2. The van der Waals surface area contributed by atoms with Gasteiger partial charge in [0.05, 0.1) is 0 Å². The van der Waals surface area contributed by atoms with Gasteiger partial charge in [-0.3, -0.25) is 4.79 Å². The molecule has 0 atom stereocenters. The highest BCUT2D eigenvalue weighted by Crippen LogP contribution is 2.33. The maximum Gasteiger partial charge on any atom is 0.253 e. The first-order valence-corrected chi connectivity index (χ1v) is 7.15. The van der Waals surface area contributed by atoms with E-state index in [4.69, 9.17) is 0 Å². The summed E-state index contributed by atoms with van der Waals surface area (Å²) in [6.45, 7) is 5.60. The van der Waals surface area contributed by atoms with Crippen LogP contribution in [0.2, 0.25) is 0 Å². The van der Waals surface area contributed by atoms with Gasteiger partial charge < -0.3 is 4.90 Å². The summed E-state index contributed by atoms with van der Waals surface area (Å²) in [7, 11) is 0. The van der Waals surface area contributed by atoms with Crippen molar-refractivity contribution < 1.29 is 4.79 Å². The van der Waals surface area contributed by atoms with Crippen LogP contribution in [0.15, 0.2) is 24.3 Å². The molecule has 2 heteroatoms. The van der Waals surface area contributed by atoms with Crippen LogP contribution in [-0.2, 0) is 0 Å². The van der Waals surface area contributed by atoms with Crippen LogP contribution >= 0.6 is 0 Å². The molecule has 18 heavy (non-hydrogen) atoms. The summed E-state index contributed by atoms with van der Waals surface area (Å²) in [6, 6.07) is 8.28. The molecule has 1 aromatic rings. The summed E-state index contributed by atoms with van der Waals surface area (Å²) in [5.41, 5.74) is 2.23. The Balaban J connectivity index is 2.09. The van der Waals surface area contributed by atoms with E-state index in [2.05, 4.69) is 12.1 Å². The Kier molecular flexibility index (Phi) is 4.40. The average molecular weight is 245 g/mol. The number of hydrogen-bond donors (Lipinski definition) is 0. The predicted molar refractivity (Wildman–Crippen MR) is 74.9 cm³/mol. The SMILES string of the molecule is CCN(CC)C(=O)c1ccc(C2CCCC2)cc1. The lowest BCUT2D eigenvalue weighted by Crippen LogP contribution is -2.30. The van der Waals surface area contributed by atoms with Crippen LogP contribution in [0.5, 0.6) is 0 Å². The summed E-state index contributed by atoms with van der Waals surface area (Å²) < 4.78 is 0. The second-order valence-electron chi connectivity index (χ2n) is 5.08. The Bertz CT molecular complexity index is 386. The summed E-state index contributed by atoms with van der Waals surface area (Å²) >= 11 is 0. The van der Waals surface area contributed by atoms with Crippen molar-refractivity contribution in [2.45, 2.75) is 45.4 Å². The monoisotopic (exact) mass is 245 g/mol. The van der Waals surface area contributed by atoms with Crippen molar-refractivity contribution in [2.75, 3.05) is 13.1 Å². The molecule has 0 heterocycles. The molecule has 0 N–H and O–H groups in total. The molecular formula is C16H23NO. The highest BCUT2D eigenvalue weighted by molar-refractivity contribution is 5.94. The Hall–Kier alpha value is -1.31. The number of rotatable bonds is 4. The molecule has 1 saturated carbocycles. The molecule has 1 fully saturated rings. The topological polar surface area (TPSA) is 20.3 Å². The van der Waals surface area contributed by atoms with Gasteiger partial charge in [0.25, 0.3) is 5.91 Å². The van der Waals surface area contributed by atoms with Crippen LogP contribution in [-0.4, -0.2) is 23.9 Å². The van der Waals surface area contributed by atoms with Crippen molar-refractivity contribution in [2.24, 2.45) is 0 Å². The van der Waals surface area contributed by atoms with E-state index in [0.29, 0.717) is 0 Å². The van der Waals surface area contributed by atoms with Crippen molar-refractivity contribution in [3.8, 4) is 0 Å². The van der Waals surface area contributed by atoms with E-state index >= 15 is 0 Å². The molecule has 0 aliphatic heterocycles. The van der Waals surface area contributed by atoms with E-state index in [1.54, 1.807) is 0 Å². The Morgan fingerprint density at radius 3 is 2.17 bits per heavy atom. The molecule has 1 amide bonds. The van der Waals surface area contributed by atoms with Gasteiger partial charge in [-0.05, 0) is 50.3 Å². The van der Waals surface area contributed by atoms with E-state index in [-0.39, 0.29) is 5.91 Å². The normalized spacial score (nSPS) is 15.9. The minimum absolute atomic E-state index is 0.151. The fraction of sp³-hybridized carbons (Fsp3) is 0.562. The van der Waals surface area contributed by atoms with Gasteiger partial charge in [0, 0.05) is 18.7 Å². The first-order chi connectivity index (χ1) is 8.76. The van der Waals surface area contributed by atoms with E-state index in [9.17, 15) is 4.79 Å². The van der Waals surface area contributed by atoms with E-state index in [0.717, 1.165) is 24.6 Å². The fourth-order valence-corrected chi connectivity index (χ4v) is 2.85. The third-order valence-electron chi connectivity index (χ3n) is 4.03. The van der Waals surface area contributed by atoms with Gasteiger partial charge in [-0.2, -0.15) is 0 Å². The van der Waals surface area contributed by atoms with Gasteiger partial charge in [-0.1, -0.05) is 25.0 Å². The minimum Gasteiger partial charge on any atom is -0.339 e. The molecule has 2 nitrogen and oxygen atoms in total. The standard InChI is InChI=1S/C16H23NO/c1-3-17(4-2)16(18)15-11-9-14(10-12-15)13-7-5-6-8-13/h9-13H,3-8H2,1-2H3. The smallest absolute Gasteiger partial charge is 0.253 e. The van der Waals surface area contributed by atoms with E-state index in [1.165, 1.54) is 31.2 Å². The third kappa shape index (κ3) is 2.74. The van der Waals surface area contributed by atoms with Gasteiger partial charge in [0.1, 0.15) is 0 Å². The predicted octanol–water partition coefficient (Wildman–Crippen LogP) is 3.83. The molecular weight excluding hydrogens is 222 g/mol. The number of carbonyl (C=O) groups excluding carboxylic acids is 1. The maximum absolute atomic E-state index is 12.2. The third-order valence-corrected chi connectivity index (χ3v) is 4.03. The molecule has 0 saturated heterocycles. The first kappa shape index (κ1) is 13.1. The highest BCUT2D eigenvalue weighted by atomic mass is 16.2. The van der Waals surface area contributed by atoms with Crippen molar-refractivity contribution in [1.82, 2.24) is 4.90 Å². The largest absolute Gasteiger partial charge is 0.339 e. The van der Waals surface area contributed by atoms with E-state index < -0.39 is 0 Å². The molecule has 0 unspecified atom stereocenters. The summed E-state index contributed by atoms with van der Waals surface area (Å²) in [4.78, 5) is 14.0. The summed E-state index contributed by atoms with van der Waals surface area (Å²) in [5.74, 6) is 0.876. The van der Waals surface area contributed by atoms with Crippen LogP contribution in [0, 0.1) is 0 Å². The minimum atomic E-state index is 0.151. The highest BCUT2D eigenvalue weighted by Gasteiger charge is 2.18. The second kappa shape index (κ2) is 6.03. The van der Waals surface area contributed by atoms with Gasteiger partial charge in [-0.15, -0.1) is 0 Å². The lowest BCUT2D eigenvalue weighted by atomic mass is 9.96. The Morgan fingerprint density at radius 1 is 1.11 bits per heavy atom. The Labute approximate surface area is 110 Å². The van der Waals surface area contributed by atoms with Crippen LogP contribution in [0.3, 0.4) is 0 Å². The van der Waals surface area contributed by atoms with Gasteiger partial charge in [-0.25, -0.2) is 0 Å². The van der Waals surface area contributed by atoms with Gasteiger partial charge in [0.15, 0.2) is 0 Å². The lowest BCUT2D eigenvalue weighted by Gasteiger charge is -2.19. The Morgan fingerprint density at radius 2 is 1.67 bits per heavy atom. The molecule has 0 aromatic heterocycles. The number of benzene rings is 1. The molecule has 1 aromatic carbocycles. The second-order valence-corrected chi connectivity index (χ2v) is 5.08. The molecule has 0 spiro atoms. The van der Waals surface area contributed by atoms with Crippen molar-refractivity contribution in [1.29, 1.82) is 0 Å². The molecule has 0 radical (unpaired) electrons. The summed E-state index contributed by atoms with van der Waals surface area (Å²) in [6.07, 6.45) is 5.32. The number of hydrogen-bond acceptors (Lipinski definition) is 1. The van der Waals surface area contributed by atoms with Crippen LogP contribution in [0.4, 0.5) is 0 Å². The number of carbonyl (C=O) groups is 1. The molecule has 2 rings (SSSR count). The quantitative estimate of drug-likeness (QED) is 0.789. The molecule has 0 bridgehead atoms. The zero-order valence-corrected chi connectivity index (χ0v) is 11.5. The average Bonchev–Trinajstić information content (AvgIpc) is 2.94. The van der Waals surface area contributed by atoms with Crippen LogP contribution in [0.25, 0.3) is 0 Å². The molecule has 98 valence electrons. The lowest BCUT2D eigenvalue weighted by molar-refractivity contribution is 0.0773. The molecule has 1 aliphatic carbocycles. The van der Waals surface area contributed by atoms with Crippen molar-refractivity contribution in [3.05, 3.63) is 35.4 Å². The zero-order valence-electron chi connectivity index (χ0n) is 11.5. The fourth-order valence-electron chi connectivity index (χ4n) is 2.85. The summed E-state index contributed by atoms with van der Waals surface area (Å²) in [5, 5.41) is 0. The van der Waals surface area contributed by atoms with Gasteiger partial charge >= 0.3 is 0 Å². The number of amides is 1. The first-order valence-electron chi connectivity index (χ1n) is 7.15. The van der Waals surface area contributed by atoms with Crippen molar-refractivity contribution in [3.63, 3.8) is 0 Å². The number of nitrogens with zero attached hydrogens (tertiary/aromatic N) is 1. The van der Waals surface area contributed by atoms with E-state index in [1.807, 2.05) is 30.9 Å². The molecule has 1 aliphatic rings. The zero-order chi connectivity index (χ0) is 13.0.